The van der Waals surface area contributed by atoms with Crippen molar-refractivity contribution >= 4 is 22.0 Å². The molecule has 118 valence electrons. The highest BCUT2D eigenvalue weighted by atomic mass is 79.9. The summed E-state index contributed by atoms with van der Waals surface area (Å²) in [5.74, 6) is 0.742. The minimum absolute atomic E-state index is 0.359. The molecule has 6 heteroatoms. The second-order valence-electron chi connectivity index (χ2n) is 5.46. The second-order valence-corrected chi connectivity index (χ2v) is 6.38. The van der Waals surface area contributed by atoms with Crippen molar-refractivity contribution < 1.29 is 19.0 Å². The Kier molecular flexibility index (Phi) is 6.98. The van der Waals surface area contributed by atoms with Gasteiger partial charge in [0.1, 0.15) is 18.0 Å². The summed E-state index contributed by atoms with van der Waals surface area (Å²) in [5, 5.41) is 2.65. The zero-order valence-corrected chi connectivity index (χ0v) is 14.5. The van der Waals surface area contributed by atoms with Crippen LogP contribution in [0.4, 0.5) is 4.79 Å². The van der Waals surface area contributed by atoms with Crippen molar-refractivity contribution in [3.05, 3.63) is 28.2 Å². The van der Waals surface area contributed by atoms with Gasteiger partial charge >= 0.3 is 6.09 Å². The third-order valence-corrected chi connectivity index (χ3v) is 2.84. The number of alkyl carbamates (subject to hydrolysis) is 1. The lowest BCUT2D eigenvalue weighted by atomic mass is 10.2. The second kappa shape index (κ2) is 8.24. The number of rotatable bonds is 6. The molecule has 0 aliphatic rings. The summed E-state index contributed by atoms with van der Waals surface area (Å²) in [7, 11) is 1.63. The van der Waals surface area contributed by atoms with E-state index >= 15 is 0 Å². The standard InChI is InChI=1S/C15H22BrNO4/c1-15(2,3)21-14(18)17-7-8-20-13-6-5-12(16)9-11(13)10-19-4/h5-6,9H,7-8,10H2,1-4H3,(H,17,18). The molecule has 1 amide bonds. The Morgan fingerprint density at radius 2 is 2.05 bits per heavy atom. The Morgan fingerprint density at radius 3 is 2.67 bits per heavy atom. The van der Waals surface area contributed by atoms with E-state index in [4.69, 9.17) is 14.2 Å². The number of hydrogen-bond donors (Lipinski definition) is 1. The first-order valence-corrected chi connectivity index (χ1v) is 7.48. The van der Waals surface area contributed by atoms with Crippen LogP contribution in [0.3, 0.4) is 0 Å². The largest absolute Gasteiger partial charge is 0.491 e. The topological polar surface area (TPSA) is 56.8 Å². The van der Waals surface area contributed by atoms with Crippen LogP contribution in [0.5, 0.6) is 5.75 Å². The molecule has 5 nitrogen and oxygen atoms in total. The zero-order chi connectivity index (χ0) is 15.9. The Balaban J connectivity index is 2.41. The summed E-state index contributed by atoms with van der Waals surface area (Å²) in [6, 6.07) is 5.71. The van der Waals surface area contributed by atoms with Crippen LogP contribution in [0.2, 0.25) is 0 Å². The van der Waals surface area contributed by atoms with E-state index in [2.05, 4.69) is 21.2 Å². The predicted molar refractivity (Wildman–Crippen MR) is 84.6 cm³/mol. The van der Waals surface area contributed by atoms with E-state index in [1.165, 1.54) is 0 Å². The molecule has 1 N–H and O–H groups in total. The summed E-state index contributed by atoms with van der Waals surface area (Å²) >= 11 is 3.41. The van der Waals surface area contributed by atoms with Crippen LogP contribution in [-0.4, -0.2) is 32.0 Å². The van der Waals surface area contributed by atoms with Gasteiger partial charge in [-0.15, -0.1) is 0 Å². The average molecular weight is 360 g/mol. The molecule has 0 spiro atoms. The molecule has 0 unspecified atom stereocenters. The first kappa shape index (κ1) is 17.8. The van der Waals surface area contributed by atoms with Gasteiger partial charge in [0.15, 0.2) is 0 Å². The minimum Gasteiger partial charge on any atom is -0.491 e. The highest BCUT2D eigenvalue weighted by molar-refractivity contribution is 9.10. The van der Waals surface area contributed by atoms with Gasteiger partial charge in [0.05, 0.1) is 13.2 Å². The van der Waals surface area contributed by atoms with Gasteiger partial charge in [-0.05, 0) is 39.0 Å². The highest BCUT2D eigenvalue weighted by Gasteiger charge is 2.15. The predicted octanol–water partition coefficient (Wildman–Crippen LogP) is 3.50. The Labute approximate surface area is 134 Å². The SMILES string of the molecule is COCc1cc(Br)ccc1OCCNC(=O)OC(C)(C)C. The Bertz CT molecular complexity index is 471. The van der Waals surface area contributed by atoms with E-state index in [9.17, 15) is 4.79 Å². The maximum Gasteiger partial charge on any atom is 0.407 e. The number of ether oxygens (including phenoxy) is 3. The number of hydrogen-bond acceptors (Lipinski definition) is 4. The lowest BCUT2D eigenvalue weighted by Crippen LogP contribution is -2.34. The number of benzene rings is 1. The Hall–Kier alpha value is -1.27. The molecule has 0 fully saturated rings. The Morgan fingerprint density at radius 1 is 1.33 bits per heavy atom. The van der Waals surface area contributed by atoms with E-state index in [0.717, 1.165) is 15.8 Å². The van der Waals surface area contributed by atoms with Crippen LogP contribution in [0.15, 0.2) is 22.7 Å². The maximum atomic E-state index is 11.5. The van der Waals surface area contributed by atoms with E-state index in [-0.39, 0.29) is 0 Å². The van der Waals surface area contributed by atoms with Gasteiger partial charge in [0.2, 0.25) is 0 Å². The zero-order valence-electron chi connectivity index (χ0n) is 12.9. The fourth-order valence-electron chi connectivity index (χ4n) is 1.59. The number of amides is 1. The van der Waals surface area contributed by atoms with Crippen LogP contribution in [0.1, 0.15) is 26.3 Å². The first-order chi connectivity index (χ1) is 9.81. The summed E-state index contributed by atoms with van der Waals surface area (Å²) in [5.41, 5.74) is 0.451. The molecular weight excluding hydrogens is 338 g/mol. The molecule has 21 heavy (non-hydrogen) atoms. The van der Waals surface area contributed by atoms with Crippen molar-refractivity contribution in [2.75, 3.05) is 20.3 Å². The highest BCUT2D eigenvalue weighted by Crippen LogP contribution is 2.23. The molecule has 0 aliphatic carbocycles. The minimum atomic E-state index is -0.498. The summed E-state index contributed by atoms with van der Waals surface area (Å²) < 4.78 is 16.9. The molecule has 1 aromatic rings. The van der Waals surface area contributed by atoms with Crippen LogP contribution in [-0.2, 0) is 16.1 Å². The third-order valence-electron chi connectivity index (χ3n) is 2.35. The fraction of sp³-hybridized carbons (Fsp3) is 0.533. The summed E-state index contributed by atoms with van der Waals surface area (Å²) in [6.07, 6.45) is -0.445. The van der Waals surface area contributed by atoms with Crippen molar-refractivity contribution in [2.24, 2.45) is 0 Å². The van der Waals surface area contributed by atoms with Crippen LogP contribution < -0.4 is 10.1 Å². The molecular formula is C15H22BrNO4. The van der Waals surface area contributed by atoms with E-state index in [1.807, 2.05) is 39.0 Å². The third kappa shape index (κ3) is 7.34. The quantitative estimate of drug-likeness (QED) is 0.789. The van der Waals surface area contributed by atoms with Crippen molar-refractivity contribution in [3.8, 4) is 5.75 Å². The number of halogens is 1. The van der Waals surface area contributed by atoms with E-state index < -0.39 is 11.7 Å². The normalized spacial score (nSPS) is 11.1. The lowest BCUT2D eigenvalue weighted by Gasteiger charge is -2.19. The van der Waals surface area contributed by atoms with Gasteiger partial charge in [-0.25, -0.2) is 4.79 Å². The molecule has 0 radical (unpaired) electrons. The van der Waals surface area contributed by atoms with Crippen LogP contribution in [0.25, 0.3) is 0 Å². The molecule has 0 heterocycles. The van der Waals surface area contributed by atoms with Gasteiger partial charge < -0.3 is 19.5 Å². The monoisotopic (exact) mass is 359 g/mol. The molecule has 1 rings (SSSR count). The summed E-state index contributed by atoms with van der Waals surface area (Å²) in [6.45, 7) is 6.66. The van der Waals surface area contributed by atoms with E-state index in [0.29, 0.717) is 19.8 Å². The van der Waals surface area contributed by atoms with E-state index in [1.54, 1.807) is 7.11 Å². The van der Waals surface area contributed by atoms with Gasteiger partial charge in [0.25, 0.3) is 0 Å². The molecule has 0 aliphatic heterocycles. The van der Waals surface area contributed by atoms with Gasteiger partial charge in [-0.1, -0.05) is 15.9 Å². The smallest absolute Gasteiger partial charge is 0.407 e. The number of carbonyl (C=O) groups excluding carboxylic acids is 1. The molecule has 0 bridgehead atoms. The number of carbonyl (C=O) groups is 1. The first-order valence-electron chi connectivity index (χ1n) is 6.69. The van der Waals surface area contributed by atoms with Gasteiger partial charge in [-0.3, -0.25) is 0 Å². The molecule has 0 saturated heterocycles. The van der Waals surface area contributed by atoms with Crippen LogP contribution >= 0.6 is 15.9 Å². The van der Waals surface area contributed by atoms with Gasteiger partial charge in [0, 0.05) is 17.1 Å². The lowest BCUT2D eigenvalue weighted by molar-refractivity contribution is 0.0520. The summed E-state index contributed by atoms with van der Waals surface area (Å²) in [4.78, 5) is 11.5. The fourth-order valence-corrected chi connectivity index (χ4v) is 1.99. The number of methoxy groups -OCH3 is 1. The van der Waals surface area contributed by atoms with Crippen LogP contribution in [0, 0.1) is 0 Å². The van der Waals surface area contributed by atoms with Crippen molar-refractivity contribution in [1.82, 2.24) is 5.32 Å². The average Bonchev–Trinajstić information content (AvgIpc) is 2.35. The number of nitrogens with one attached hydrogen (secondary N) is 1. The van der Waals surface area contributed by atoms with Crippen molar-refractivity contribution in [1.29, 1.82) is 0 Å². The van der Waals surface area contributed by atoms with Crippen molar-refractivity contribution in [2.45, 2.75) is 33.0 Å². The maximum absolute atomic E-state index is 11.5. The molecule has 0 atom stereocenters. The molecule has 0 saturated carbocycles. The molecule has 0 aromatic heterocycles. The molecule has 1 aromatic carbocycles. The van der Waals surface area contributed by atoms with Gasteiger partial charge in [-0.2, -0.15) is 0 Å². The van der Waals surface area contributed by atoms with Crippen molar-refractivity contribution in [3.63, 3.8) is 0 Å².